The van der Waals surface area contributed by atoms with E-state index >= 15 is 0 Å². The van der Waals surface area contributed by atoms with Gasteiger partial charge in [0.1, 0.15) is 0 Å². The van der Waals surface area contributed by atoms with Crippen LogP contribution in [0.5, 0.6) is 0 Å². The predicted molar refractivity (Wildman–Crippen MR) is 75.5 cm³/mol. The van der Waals surface area contributed by atoms with E-state index in [4.69, 9.17) is 10.8 Å². The van der Waals surface area contributed by atoms with Gasteiger partial charge in [-0.3, -0.25) is 4.79 Å². The first-order valence-electron chi connectivity index (χ1n) is 5.75. The number of benzene rings is 1. The van der Waals surface area contributed by atoms with Crippen molar-refractivity contribution in [2.75, 3.05) is 0 Å². The van der Waals surface area contributed by atoms with Crippen LogP contribution in [-0.2, 0) is 16.0 Å². The summed E-state index contributed by atoms with van der Waals surface area (Å²) in [5.74, 6) is -1.34. The van der Waals surface area contributed by atoms with E-state index in [0.717, 1.165) is 12.0 Å². The fourth-order valence-electron chi connectivity index (χ4n) is 1.05. The molecule has 0 heterocycles. The van der Waals surface area contributed by atoms with Gasteiger partial charge < -0.3 is 10.8 Å². The number of primary amides is 1. The van der Waals surface area contributed by atoms with Crippen LogP contribution in [0.3, 0.4) is 0 Å². The Balaban J connectivity index is 0.000000459. The maximum absolute atomic E-state index is 10.4. The van der Waals surface area contributed by atoms with E-state index in [1.807, 2.05) is 30.3 Å². The quantitative estimate of drug-likeness (QED) is 0.798. The van der Waals surface area contributed by atoms with E-state index in [1.165, 1.54) is 0 Å². The summed E-state index contributed by atoms with van der Waals surface area (Å²) in [5, 5.41) is 8.56. The number of aryl methyl sites for hydroxylation is 1. The maximum Gasteiger partial charge on any atom is 0.330 e. The van der Waals surface area contributed by atoms with Crippen LogP contribution in [0.1, 0.15) is 18.9 Å². The summed E-state index contributed by atoms with van der Waals surface area (Å²) < 4.78 is 0. The third-order valence-electron chi connectivity index (χ3n) is 2.28. The Labute approximate surface area is 113 Å². The van der Waals surface area contributed by atoms with Gasteiger partial charge in [0.05, 0.1) is 0 Å². The minimum absolute atomic E-state index is 0.267. The van der Waals surface area contributed by atoms with Gasteiger partial charge >= 0.3 is 5.97 Å². The Morgan fingerprint density at radius 2 is 1.68 bits per heavy atom. The predicted octanol–water partition coefficient (Wildman–Crippen LogP) is 2.31. The lowest BCUT2D eigenvalue weighted by Gasteiger charge is -2.00. The van der Waals surface area contributed by atoms with Crippen molar-refractivity contribution in [3.8, 4) is 0 Å². The molecule has 0 bridgehead atoms. The lowest BCUT2D eigenvalue weighted by atomic mass is 10.1. The van der Waals surface area contributed by atoms with Crippen molar-refractivity contribution < 1.29 is 14.7 Å². The second kappa shape index (κ2) is 8.69. The van der Waals surface area contributed by atoms with Gasteiger partial charge in [-0.15, -0.1) is 0 Å². The van der Waals surface area contributed by atoms with Crippen molar-refractivity contribution in [3.63, 3.8) is 0 Å². The second-order valence-corrected chi connectivity index (χ2v) is 4.04. The highest BCUT2D eigenvalue weighted by molar-refractivity contribution is 5.90. The average molecular weight is 261 g/mol. The Kier molecular flexibility index (Phi) is 7.61. The van der Waals surface area contributed by atoms with Crippen LogP contribution in [0, 0.1) is 0 Å². The van der Waals surface area contributed by atoms with Crippen molar-refractivity contribution in [3.05, 3.63) is 60.2 Å². The van der Waals surface area contributed by atoms with E-state index in [-0.39, 0.29) is 5.57 Å². The molecular formula is C15H19NO3. The molecule has 0 unspecified atom stereocenters. The van der Waals surface area contributed by atoms with Crippen molar-refractivity contribution in [1.29, 1.82) is 0 Å². The highest BCUT2D eigenvalue weighted by atomic mass is 16.4. The van der Waals surface area contributed by atoms with Crippen LogP contribution in [-0.4, -0.2) is 17.0 Å². The van der Waals surface area contributed by atoms with Gasteiger partial charge in [-0.1, -0.05) is 43.5 Å². The first kappa shape index (κ1) is 16.6. The fraction of sp³-hybridized carbons (Fsp3) is 0.200. The molecule has 1 aromatic carbocycles. The molecule has 0 aliphatic carbocycles. The Hall–Kier alpha value is -2.36. The van der Waals surface area contributed by atoms with Gasteiger partial charge in [-0.05, 0) is 25.3 Å². The number of carboxylic acid groups (broad SMARTS) is 1. The summed E-state index contributed by atoms with van der Waals surface area (Å²) >= 11 is 0. The standard InChI is InChI=1S/C11H12O2.C4H7NO/c1-9(11(12)13)7-8-10-5-3-2-4-6-10;1-3(2)4(5)6/h2-6H,1,7-8H2,(H,12,13);1H2,2H3,(H2,5,6). The maximum atomic E-state index is 10.4. The molecule has 4 heteroatoms. The average Bonchev–Trinajstić information content (AvgIpc) is 2.37. The number of hydrogen-bond acceptors (Lipinski definition) is 2. The van der Waals surface area contributed by atoms with Gasteiger partial charge in [-0.2, -0.15) is 0 Å². The molecule has 0 aromatic heterocycles. The molecule has 19 heavy (non-hydrogen) atoms. The minimum atomic E-state index is -0.907. The molecule has 0 fully saturated rings. The zero-order valence-electron chi connectivity index (χ0n) is 11.1. The molecule has 0 aliphatic rings. The third kappa shape index (κ3) is 8.37. The molecule has 0 saturated carbocycles. The van der Waals surface area contributed by atoms with Gasteiger partial charge in [0.25, 0.3) is 0 Å². The van der Waals surface area contributed by atoms with Gasteiger partial charge in [0.15, 0.2) is 0 Å². The topological polar surface area (TPSA) is 80.4 Å². The summed E-state index contributed by atoms with van der Waals surface area (Å²) in [6.07, 6.45) is 1.26. The van der Waals surface area contributed by atoms with E-state index in [0.29, 0.717) is 12.0 Å². The SMILES string of the molecule is C=C(C)C(N)=O.C=C(CCc1ccccc1)C(=O)O. The molecule has 0 radical (unpaired) electrons. The van der Waals surface area contributed by atoms with E-state index in [2.05, 4.69) is 13.2 Å². The molecule has 0 saturated heterocycles. The first-order chi connectivity index (χ1) is 8.84. The van der Waals surface area contributed by atoms with Gasteiger partial charge in [-0.25, -0.2) is 4.79 Å². The normalized spacial score (nSPS) is 8.89. The van der Waals surface area contributed by atoms with Crippen LogP contribution in [0.2, 0.25) is 0 Å². The second-order valence-electron chi connectivity index (χ2n) is 4.04. The van der Waals surface area contributed by atoms with E-state index in [9.17, 15) is 9.59 Å². The monoisotopic (exact) mass is 261 g/mol. The van der Waals surface area contributed by atoms with E-state index < -0.39 is 11.9 Å². The summed E-state index contributed by atoms with van der Waals surface area (Å²) in [6, 6.07) is 9.79. The van der Waals surface area contributed by atoms with Crippen LogP contribution >= 0.6 is 0 Å². The molecule has 1 amide bonds. The van der Waals surface area contributed by atoms with Crippen molar-refractivity contribution >= 4 is 11.9 Å². The summed E-state index contributed by atoms with van der Waals surface area (Å²) in [5.41, 5.74) is 6.51. The number of nitrogens with two attached hydrogens (primary N) is 1. The first-order valence-corrected chi connectivity index (χ1v) is 5.75. The molecule has 102 valence electrons. The molecule has 0 atom stereocenters. The number of carbonyl (C=O) groups is 2. The van der Waals surface area contributed by atoms with Crippen LogP contribution in [0.4, 0.5) is 0 Å². The zero-order chi connectivity index (χ0) is 14.8. The Morgan fingerprint density at radius 3 is 2.05 bits per heavy atom. The highest BCUT2D eigenvalue weighted by Crippen LogP contribution is 2.07. The van der Waals surface area contributed by atoms with Gasteiger partial charge in [0.2, 0.25) is 5.91 Å². The highest BCUT2D eigenvalue weighted by Gasteiger charge is 2.03. The van der Waals surface area contributed by atoms with Crippen LogP contribution in [0.15, 0.2) is 54.6 Å². The molecule has 3 N–H and O–H groups in total. The number of carbonyl (C=O) groups excluding carboxylic acids is 1. The minimum Gasteiger partial charge on any atom is -0.478 e. The molecule has 1 rings (SSSR count). The largest absolute Gasteiger partial charge is 0.478 e. The Bertz CT molecular complexity index is 452. The Morgan fingerprint density at radius 1 is 1.21 bits per heavy atom. The number of aliphatic carboxylic acids is 1. The van der Waals surface area contributed by atoms with Gasteiger partial charge in [0, 0.05) is 11.1 Å². The lowest BCUT2D eigenvalue weighted by Crippen LogP contribution is -2.10. The fourth-order valence-corrected chi connectivity index (χ4v) is 1.05. The summed E-state index contributed by atoms with van der Waals surface area (Å²) in [7, 11) is 0. The van der Waals surface area contributed by atoms with E-state index in [1.54, 1.807) is 6.92 Å². The smallest absolute Gasteiger partial charge is 0.330 e. The third-order valence-corrected chi connectivity index (χ3v) is 2.28. The van der Waals surface area contributed by atoms with Crippen LogP contribution in [0.25, 0.3) is 0 Å². The van der Waals surface area contributed by atoms with Crippen molar-refractivity contribution in [1.82, 2.24) is 0 Å². The molecule has 4 nitrogen and oxygen atoms in total. The van der Waals surface area contributed by atoms with Crippen molar-refractivity contribution in [2.24, 2.45) is 5.73 Å². The van der Waals surface area contributed by atoms with Crippen molar-refractivity contribution in [2.45, 2.75) is 19.8 Å². The molecule has 0 aliphatic heterocycles. The molecule has 1 aromatic rings. The summed E-state index contributed by atoms with van der Waals surface area (Å²) in [6.45, 7) is 8.32. The number of hydrogen-bond donors (Lipinski definition) is 2. The number of amides is 1. The lowest BCUT2D eigenvalue weighted by molar-refractivity contribution is -0.132. The molecule has 0 spiro atoms. The summed E-state index contributed by atoms with van der Waals surface area (Å²) in [4.78, 5) is 20.2. The number of carboxylic acids is 1. The molecular weight excluding hydrogens is 242 g/mol. The van der Waals surface area contributed by atoms with Crippen LogP contribution < -0.4 is 5.73 Å². The number of rotatable bonds is 5. The zero-order valence-corrected chi connectivity index (χ0v) is 11.1.